The lowest BCUT2D eigenvalue weighted by atomic mass is 9.97. The van der Waals surface area contributed by atoms with Gasteiger partial charge in [0.1, 0.15) is 10.6 Å². The minimum atomic E-state index is -0.304. The number of carbonyl (C=O) groups is 1. The fourth-order valence-corrected chi connectivity index (χ4v) is 6.61. The van der Waals surface area contributed by atoms with E-state index in [9.17, 15) is 14.0 Å². The molecule has 9 heteroatoms. The Balaban J connectivity index is 1.36. The van der Waals surface area contributed by atoms with Crippen LogP contribution in [0.25, 0.3) is 10.2 Å². The van der Waals surface area contributed by atoms with E-state index in [1.807, 2.05) is 0 Å². The van der Waals surface area contributed by atoms with Crippen molar-refractivity contribution in [3.8, 4) is 0 Å². The van der Waals surface area contributed by atoms with Crippen molar-refractivity contribution in [2.45, 2.75) is 62.9 Å². The Morgan fingerprint density at radius 2 is 2.06 bits per heavy atom. The zero-order valence-electron chi connectivity index (χ0n) is 18.3. The third-order valence-corrected chi connectivity index (χ3v) is 8.35. The number of thioether (sulfide) groups is 1. The molecule has 1 unspecified atom stereocenters. The van der Waals surface area contributed by atoms with E-state index in [4.69, 9.17) is 9.72 Å². The topological polar surface area (TPSA) is 73.2 Å². The molecule has 0 radical (unpaired) electrons. The molecule has 33 heavy (non-hydrogen) atoms. The molecule has 174 valence electrons. The number of ether oxygens (including phenoxy) is 1. The maximum atomic E-state index is 13.6. The van der Waals surface area contributed by atoms with Crippen molar-refractivity contribution >= 4 is 39.2 Å². The average Bonchev–Trinajstić information content (AvgIpc) is 3.47. The first-order chi connectivity index (χ1) is 16.1. The predicted molar refractivity (Wildman–Crippen MR) is 128 cm³/mol. The number of rotatable bonds is 7. The Bertz CT molecular complexity index is 1220. The van der Waals surface area contributed by atoms with Crippen molar-refractivity contribution in [1.82, 2.24) is 14.9 Å². The molecule has 1 saturated heterocycles. The zero-order valence-corrected chi connectivity index (χ0v) is 19.9. The summed E-state index contributed by atoms with van der Waals surface area (Å²) in [4.78, 5) is 33.0. The number of amides is 1. The molecule has 0 bridgehead atoms. The van der Waals surface area contributed by atoms with Crippen LogP contribution in [0.5, 0.6) is 0 Å². The van der Waals surface area contributed by atoms with Gasteiger partial charge in [-0.1, -0.05) is 23.9 Å². The molecule has 1 N–H and O–H groups in total. The van der Waals surface area contributed by atoms with Crippen molar-refractivity contribution in [1.29, 1.82) is 0 Å². The second-order valence-corrected chi connectivity index (χ2v) is 10.6. The van der Waals surface area contributed by atoms with Gasteiger partial charge in [-0.25, -0.2) is 9.37 Å². The standard InChI is InChI=1S/C24H26FN3O3S2/c25-16-9-7-15(8-10-16)12-26-20(29)14-32-24-27-22-21(18-5-1-2-6-19(18)33-22)23(30)28(24)13-17-4-3-11-31-17/h7-10,17H,1-6,11-14H2,(H,26,29). The minimum Gasteiger partial charge on any atom is -0.376 e. The van der Waals surface area contributed by atoms with E-state index in [-0.39, 0.29) is 29.1 Å². The summed E-state index contributed by atoms with van der Waals surface area (Å²) >= 11 is 2.90. The molecule has 1 aliphatic heterocycles. The number of aryl methyl sites for hydroxylation is 2. The first-order valence-corrected chi connectivity index (χ1v) is 13.2. The first-order valence-electron chi connectivity index (χ1n) is 11.4. The number of nitrogens with one attached hydrogen (secondary N) is 1. The lowest BCUT2D eigenvalue weighted by Gasteiger charge is -2.16. The summed E-state index contributed by atoms with van der Waals surface area (Å²) < 4.78 is 20.6. The molecular formula is C24H26FN3O3S2. The first kappa shape index (κ1) is 22.6. The number of aromatic nitrogens is 2. The predicted octanol–water partition coefficient (Wildman–Crippen LogP) is 4.06. The smallest absolute Gasteiger partial charge is 0.263 e. The summed E-state index contributed by atoms with van der Waals surface area (Å²) in [5.41, 5.74) is 1.99. The highest BCUT2D eigenvalue weighted by Crippen LogP contribution is 2.35. The molecule has 3 aromatic rings. The van der Waals surface area contributed by atoms with E-state index in [0.29, 0.717) is 18.2 Å². The fourth-order valence-electron chi connectivity index (χ4n) is 4.47. The van der Waals surface area contributed by atoms with Gasteiger partial charge in [0.25, 0.3) is 5.56 Å². The van der Waals surface area contributed by atoms with E-state index in [1.165, 1.54) is 34.3 Å². The lowest BCUT2D eigenvalue weighted by molar-refractivity contribution is -0.118. The van der Waals surface area contributed by atoms with Gasteiger partial charge in [-0.3, -0.25) is 14.2 Å². The molecule has 0 spiro atoms. The van der Waals surface area contributed by atoms with Crippen LogP contribution in [0, 0.1) is 5.82 Å². The molecule has 1 fully saturated rings. The Labute approximate surface area is 199 Å². The average molecular weight is 488 g/mol. The molecule has 2 aliphatic rings. The summed E-state index contributed by atoms with van der Waals surface area (Å²) in [5, 5.41) is 4.18. The van der Waals surface area contributed by atoms with Gasteiger partial charge < -0.3 is 10.1 Å². The molecular weight excluding hydrogens is 461 g/mol. The van der Waals surface area contributed by atoms with Crippen molar-refractivity contribution in [2.24, 2.45) is 0 Å². The summed E-state index contributed by atoms with van der Waals surface area (Å²) in [6, 6.07) is 6.05. The number of carbonyl (C=O) groups excluding carboxylic acids is 1. The van der Waals surface area contributed by atoms with Gasteiger partial charge in [0, 0.05) is 18.0 Å². The van der Waals surface area contributed by atoms with Crippen LogP contribution < -0.4 is 10.9 Å². The van der Waals surface area contributed by atoms with Gasteiger partial charge in [0.15, 0.2) is 5.16 Å². The molecule has 0 saturated carbocycles. The summed E-state index contributed by atoms with van der Waals surface area (Å²) in [7, 11) is 0. The summed E-state index contributed by atoms with van der Waals surface area (Å²) in [5.74, 6) is -0.315. The van der Waals surface area contributed by atoms with Gasteiger partial charge >= 0.3 is 0 Å². The van der Waals surface area contributed by atoms with Crippen LogP contribution in [0.2, 0.25) is 0 Å². The third kappa shape index (κ3) is 5.00. The second kappa shape index (κ2) is 9.95. The zero-order chi connectivity index (χ0) is 22.8. The number of hydrogen-bond acceptors (Lipinski definition) is 6. The van der Waals surface area contributed by atoms with Crippen molar-refractivity contribution in [2.75, 3.05) is 12.4 Å². The third-order valence-electron chi connectivity index (χ3n) is 6.19. The molecule has 1 aliphatic carbocycles. The van der Waals surface area contributed by atoms with Gasteiger partial charge in [-0.2, -0.15) is 0 Å². The van der Waals surface area contributed by atoms with Crippen LogP contribution in [-0.4, -0.2) is 33.9 Å². The van der Waals surface area contributed by atoms with Crippen molar-refractivity contribution in [3.05, 3.63) is 56.4 Å². The molecule has 1 amide bonds. The Hall–Kier alpha value is -2.23. The maximum absolute atomic E-state index is 13.6. The Morgan fingerprint density at radius 3 is 2.85 bits per heavy atom. The van der Waals surface area contributed by atoms with Crippen LogP contribution in [0.3, 0.4) is 0 Å². The fraction of sp³-hybridized carbons (Fsp3) is 0.458. The van der Waals surface area contributed by atoms with Crippen LogP contribution >= 0.6 is 23.1 Å². The van der Waals surface area contributed by atoms with Crippen molar-refractivity contribution in [3.63, 3.8) is 0 Å². The molecule has 1 aromatic carbocycles. The minimum absolute atomic E-state index is 0.00284. The van der Waals surface area contributed by atoms with Crippen LogP contribution in [0.15, 0.2) is 34.2 Å². The molecule has 5 rings (SSSR count). The monoisotopic (exact) mass is 487 g/mol. The van der Waals surface area contributed by atoms with E-state index in [0.717, 1.165) is 60.9 Å². The van der Waals surface area contributed by atoms with E-state index < -0.39 is 0 Å². The lowest BCUT2D eigenvalue weighted by Crippen LogP contribution is -2.30. The number of halogens is 1. The second-order valence-electron chi connectivity index (χ2n) is 8.53. The molecule has 6 nitrogen and oxygen atoms in total. The number of nitrogens with zero attached hydrogens (tertiary/aromatic N) is 2. The van der Waals surface area contributed by atoms with Crippen molar-refractivity contribution < 1.29 is 13.9 Å². The number of thiophene rings is 1. The van der Waals surface area contributed by atoms with Gasteiger partial charge in [0.05, 0.1) is 23.8 Å². The maximum Gasteiger partial charge on any atom is 0.263 e. The number of hydrogen-bond donors (Lipinski definition) is 1. The number of benzene rings is 1. The normalized spacial score (nSPS) is 17.9. The van der Waals surface area contributed by atoms with Crippen LogP contribution in [0.1, 0.15) is 41.7 Å². The van der Waals surface area contributed by atoms with E-state index in [2.05, 4.69) is 5.32 Å². The largest absolute Gasteiger partial charge is 0.376 e. The van der Waals surface area contributed by atoms with Crippen LogP contribution in [0.4, 0.5) is 4.39 Å². The van der Waals surface area contributed by atoms with Gasteiger partial charge in [-0.05, 0) is 61.8 Å². The highest BCUT2D eigenvalue weighted by molar-refractivity contribution is 7.99. The highest BCUT2D eigenvalue weighted by atomic mass is 32.2. The molecule has 2 aromatic heterocycles. The Morgan fingerprint density at radius 1 is 1.24 bits per heavy atom. The van der Waals surface area contributed by atoms with Gasteiger partial charge in [0.2, 0.25) is 5.91 Å². The molecule has 1 atom stereocenters. The van der Waals surface area contributed by atoms with E-state index >= 15 is 0 Å². The quantitative estimate of drug-likeness (QED) is 0.402. The summed E-state index contributed by atoms with van der Waals surface area (Å²) in [6.45, 7) is 1.51. The van der Waals surface area contributed by atoms with Gasteiger partial charge in [-0.15, -0.1) is 11.3 Å². The van der Waals surface area contributed by atoms with E-state index in [1.54, 1.807) is 28.0 Å². The molecule has 3 heterocycles. The SMILES string of the molecule is O=C(CSc1nc2sc3c(c2c(=O)n1CC1CCCO1)CCCC3)NCc1ccc(F)cc1. The summed E-state index contributed by atoms with van der Waals surface area (Å²) in [6.07, 6.45) is 6.13. The highest BCUT2D eigenvalue weighted by Gasteiger charge is 2.25. The Kier molecular flexibility index (Phi) is 6.80. The van der Waals surface area contributed by atoms with Crippen LogP contribution in [-0.2, 0) is 35.5 Å². The number of fused-ring (bicyclic) bond motifs is 3.